The first-order valence-corrected chi connectivity index (χ1v) is 5.38. The van der Waals surface area contributed by atoms with Crippen LogP contribution in [0.15, 0.2) is 0 Å². The molecule has 0 unspecified atom stereocenters. The zero-order valence-corrected chi connectivity index (χ0v) is 5.62. The van der Waals surface area contributed by atoms with Gasteiger partial charge in [0, 0.05) is 0 Å². The zero-order valence-electron chi connectivity index (χ0n) is 4.62. The van der Waals surface area contributed by atoms with Crippen LogP contribution in [0.4, 0.5) is 0 Å². The van der Waals surface area contributed by atoms with Crippen molar-refractivity contribution in [3.63, 3.8) is 0 Å². The Morgan fingerprint density at radius 1 is 1.50 bits per heavy atom. The van der Waals surface area contributed by atoms with Crippen LogP contribution in [-0.2, 0) is 4.80 Å². The minimum Gasteiger partial charge on any atom is -0.298 e. The first-order chi connectivity index (χ1) is 2.56. The predicted octanol–water partition coefficient (Wildman–Crippen LogP) is 1.64. The van der Waals surface area contributed by atoms with Crippen molar-refractivity contribution >= 4 is 8.32 Å². The number of rotatable bonds is 1. The van der Waals surface area contributed by atoms with Gasteiger partial charge in [-0.2, -0.15) is 0 Å². The maximum absolute atomic E-state index is 10.6. The van der Waals surface area contributed by atoms with E-state index in [2.05, 4.69) is 0 Å². The summed E-state index contributed by atoms with van der Waals surface area (Å²) in [5.74, 6) is 0. The smallest absolute Gasteiger partial charge is 0.231 e. The fraction of sp³-hybridized carbons (Fsp3) is 1.00. The van der Waals surface area contributed by atoms with Gasteiger partial charge < -0.3 is 0 Å². The lowest BCUT2D eigenvalue weighted by Crippen LogP contribution is -2.19. The summed E-state index contributed by atoms with van der Waals surface area (Å²) in [7, 11) is -1.88. The lowest BCUT2D eigenvalue weighted by Gasteiger charge is -2.03. The molecule has 0 amide bonds. The van der Waals surface area contributed by atoms with Gasteiger partial charge in [-0.15, -0.1) is 0 Å². The summed E-state index contributed by atoms with van der Waals surface area (Å²) in [5.41, 5.74) is 0. The Bertz CT molecular complexity index is 37.3. The van der Waals surface area contributed by atoms with E-state index in [1.165, 1.54) is 0 Å². The minimum absolute atomic E-state index is 0.854. The van der Waals surface area contributed by atoms with Gasteiger partial charge in [0.1, 0.15) is 0 Å². The molecular weight excluding hydrogens is 92.1 g/mol. The normalized spacial score (nSPS) is 12.0. The lowest BCUT2D eigenvalue weighted by molar-refractivity contribution is 0.429. The Labute approximate surface area is 40.1 Å². The van der Waals surface area contributed by atoms with E-state index < -0.39 is 8.32 Å². The molecule has 37 valence electrons. The van der Waals surface area contributed by atoms with Gasteiger partial charge >= 0.3 is 0 Å². The van der Waals surface area contributed by atoms with Crippen molar-refractivity contribution in [3.8, 4) is 0 Å². The van der Waals surface area contributed by atoms with E-state index in [1.807, 2.05) is 20.0 Å². The van der Waals surface area contributed by atoms with E-state index in [0.29, 0.717) is 0 Å². The van der Waals surface area contributed by atoms with Crippen molar-refractivity contribution in [2.24, 2.45) is 0 Å². The highest BCUT2D eigenvalue weighted by Gasteiger charge is 2.14. The second kappa shape index (κ2) is 1.75. The molecule has 6 heavy (non-hydrogen) atoms. The van der Waals surface area contributed by atoms with Gasteiger partial charge in [-0.25, -0.2) is 0 Å². The van der Waals surface area contributed by atoms with Crippen LogP contribution in [0.3, 0.4) is 0 Å². The van der Waals surface area contributed by atoms with Gasteiger partial charge in [0.25, 0.3) is 0 Å². The van der Waals surface area contributed by atoms with Crippen LogP contribution in [0.1, 0.15) is 6.92 Å². The third-order valence-corrected chi connectivity index (χ3v) is 2.55. The standard InChI is InChI=1S/C4H11OSi/c1-4-6(2,3)5/h4H2,1-3H3. The van der Waals surface area contributed by atoms with Gasteiger partial charge in [0.2, 0.25) is 8.32 Å². The average Bonchev–Trinajstić information content (AvgIpc) is 1.35. The Morgan fingerprint density at radius 2 is 1.67 bits per heavy atom. The van der Waals surface area contributed by atoms with Crippen LogP contribution in [0.5, 0.6) is 0 Å². The summed E-state index contributed by atoms with van der Waals surface area (Å²) in [4.78, 5) is 10.6. The van der Waals surface area contributed by atoms with Crippen molar-refractivity contribution in [1.29, 1.82) is 0 Å². The topological polar surface area (TPSA) is 19.9 Å². The summed E-state index contributed by atoms with van der Waals surface area (Å²) in [6.07, 6.45) is 0. The molecule has 0 spiro atoms. The molecule has 0 aliphatic carbocycles. The highest BCUT2D eigenvalue weighted by molar-refractivity contribution is 6.69. The van der Waals surface area contributed by atoms with E-state index in [4.69, 9.17) is 0 Å². The van der Waals surface area contributed by atoms with Crippen LogP contribution in [-0.4, -0.2) is 8.32 Å². The van der Waals surface area contributed by atoms with Gasteiger partial charge in [0.15, 0.2) is 0 Å². The minimum atomic E-state index is -1.88. The van der Waals surface area contributed by atoms with Gasteiger partial charge in [0.05, 0.1) is 0 Å². The average molecular weight is 103 g/mol. The lowest BCUT2D eigenvalue weighted by atomic mass is 11.0. The first-order valence-electron chi connectivity index (χ1n) is 2.26. The summed E-state index contributed by atoms with van der Waals surface area (Å²) < 4.78 is 0. The maximum Gasteiger partial charge on any atom is 0.231 e. The van der Waals surface area contributed by atoms with Crippen molar-refractivity contribution in [1.82, 2.24) is 0 Å². The molecule has 0 saturated carbocycles. The van der Waals surface area contributed by atoms with E-state index in [0.717, 1.165) is 6.04 Å². The highest BCUT2D eigenvalue weighted by atomic mass is 28.4. The molecular formula is C4H11OSi. The van der Waals surface area contributed by atoms with Crippen LogP contribution < -0.4 is 0 Å². The largest absolute Gasteiger partial charge is 0.298 e. The second-order valence-electron chi connectivity index (χ2n) is 2.11. The van der Waals surface area contributed by atoms with E-state index in [1.54, 1.807) is 0 Å². The van der Waals surface area contributed by atoms with Crippen molar-refractivity contribution in [2.45, 2.75) is 26.1 Å². The first kappa shape index (κ1) is 6.18. The fourth-order valence-electron chi connectivity index (χ4n) is 0. The Balaban J connectivity index is 3.17. The van der Waals surface area contributed by atoms with Crippen LogP contribution in [0, 0.1) is 0 Å². The summed E-state index contributed by atoms with van der Waals surface area (Å²) in [5, 5.41) is 0. The Morgan fingerprint density at radius 3 is 1.67 bits per heavy atom. The molecule has 0 aromatic carbocycles. The molecule has 0 rings (SSSR count). The quantitative estimate of drug-likeness (QED) is 0.450. The van der Waals surface area contributed by atoms with Gasteiger partial charge in [-0.05, 0) is 19.1 Å². The molecule has 1 nitrogen and oxygen atoms in total. The number of hydrogen-bond donors (Lipinski definition) is 0. The molecule has 0 aromatic heterocycles. The van der Waals surface area contributed by atoms with Gasteiger partial charge in [-0.3, -0.25) is 4.80 Å². The summed E-state index contributed by atoms with van der Waals surface area (Å²) in [6.45, 7) is 5.61. The molecule has 0 aliphatic rings. The van der Waals surface area contributed by atoms with Crippen LogP contribution in [0.25, 0.3) is 0 Å². The SMILES string of the molecule is CC[Si](C)(C)[O]. The Hall–Kier alpha value is 0.177. The number of hydrogen-bond acceptors (Lipinski definition) is 0. The van der Waals surface area contributed by atoms with E-state index >= 15 is 0 Å². The highest BCUT2D eigenvalue weighted by Crippen LogP contribution is 2.01. The fourth-order valence-corrected chi connectivity index (χ4v) is 0. The molecule has 0 bridgehead atoms. The molecule has 0 aliphatic heterocycles. The molecule has 0 N–H and O–H groups in total. The third kappa shape index (κ3) is 4.18. The van der Waals surface area contributed by atoms with Crippen LogP contribution >= 0.6 is 0 Å². The molecule has 0 atom stereocenters. The Kier molecular flexibility index (Phi) is 1.81. The molecule has 0 aromatic rings. The monoisotopic (exact) mass is 103 g/mol. The van der Waals surface area contributed by atoms with Crippen molar-refractivity contribution in [2.75, 3.05) is 0 Å². The van der Waals surface area contributed by atoms with Crippen molar-refractivity contribution in [3.05, 3.63) is 0 Å². The maximum atomic E-state index is 10.6. The molecule has 2 heteroatoms. The van der Waals surface area contributed by atoms with E-state index in [9.17, 15) is 4.80 Å². The second-order valence-corrected chi connectivity index (χ2v) is 6.34. The summed E-state index contributed by atoms with van der Waals surface area (Å²) >= 11 is 0. The molecule has 0 saturated heterocycles. The summed E-state index contributed by atoms with van der Waals surface area (Å²) in [6, 6.07) is 0.854. The van der Waals surface area contributed by atoms with Crippen molar-refractivity contribution < 1.29 is 4.80 Å². The molecule has 0 heterocycles. The third-order valence-electron chi connectivity index (χ3n) is 0.851. The zero-order chi connectivity index (χ0) is 5.21. The molecule has 0 fully saturated rings. The molecule has 1 radical (unpaired) electrons. The van der Waals surface area contributed by atoms with Crippen LogP contribution in [0.2, 0.25) is 19.1 Å². The van der Waals surface area contributed by atoms with Gasteiger partial charge in [-0.1, -0.05) is 6.92 Å². The van der Waals surface area contributed by atoms with E-state index in [-0.39, 0.29) is 0 Å². The predicted molar refractivity (Wildman–Crippen MR) is 28.6 cm³/mol.